The van der Waals surface area contributed by atoms with E-state index in [1.54, 1.807) is 20.8 Å². The third-order valence-corrected chi connectivity index (χ3v) is 3.27. The number of amides is 1. The third kappa shape index (κ3) is 3.76. The Kier molecular flexibility index (Phi) is 5.47. The summed E-state index contributed by atoms with van der Waals surface area (Å²) in [6.07, 6.45) is 0.161. The van der Waals surface area contributed by atoms with Crippen LogP contribution in [-0.4, -0.2) is 53.5 Å². The Balaban J connectivity index is 2.62. The van der Waals surface area contributed by atoms with Gasteiger partial charge in [-0.3, -0.25) is 9.59 Å². The third-order valence-electron chi connectivity index (χ3n) is 3.27. The van der Waals surface area contributed by atoms with Gasteiger partial charge in [0.15, 0.2) is 0 Å². The van der Waals surface area contributed by atoms with Crippen LogP contribution in [0.4, 0.5) is 0 Å². The van der Waals surface area contributed by atoms with Crippen molar-refractivity contribution in [2.24, 2.45) is 11.8 Å². The molecule has 1 aliphatic heterocycles. The summed E-state index contributed by atoms with van der Waals surface area (Å²) in [7, 11) is 0. The second-order valence-electron chi connectivity index (χ2n) is 5.07. The van der Waals surface area contributed by atoms with Crippen LogP contribution in [0, 0.1) is 11.8 Å². The summed E-state index contributed by atoms with van der Waals surface area (Å²) in [4.78, 5) is 36.7. The summed E-state index contributed by atoms with van der Waals surface area (Å²) < 4.78 is 4.79. The van der Waals surface area contributed by atoms with Gasteiger partial charge < -0.3 is 14.7 Å². The maximum atomic E-state index is 11.9. The second kappa shape index (κ2) is 6.65. The van der Waals surface area contributed by atoms with Crippen LogP contribution in [0.5, 0.6) is 0 Å². The number of carbonyl (C=O) groups is 3. The molecule has 19 heavy (non-hydrogen) atoms. The van der Waals surface area contributed by atoms with Crippen molar-refractivity contribution < 1.29 is 24.2 Å². The zero-order valence-electron chi connectivity index (χ0n) is 11.6. The monoisotopic (exact) mass is 271 g/mol. The Morgan fingerprint density at radius 1 is 1.42 bits per heavy atom. The lowest BCUT2D eigenvalue weighted by atomic mass is 9.95. The molecule has 6 nitrogen and oxygen atoms in total. The highest BCUT2D eigenvalue weighted by molar-refractivity contribution is 5.93. The first-order valence-electron chi connectivity index (χ1n) is 6.49. The van der Waals surface area contributed by atoms with Gasteiger partial charge in [0.1, 0.15) is 18.4 Å². The van der Waals surface area contributed by atoms with Gasteiger partial charge >= 0.3 is 5.97 Å². The highest BCUT2D eigenvalue weighted by atomic mass is 16.5. The molecule has 1 aliphatic rings. The molecule has 0 bridgehead atoms. The minimum Gasteiger partial charge on any atom is -0.462 e. The van der Waals surface area contributed by atoms with Gasteiger partial charge in [-0.05, 0) is 6.92 Å². The van der Waals surface area contributed by atoms with Gasteiger partial charge in [-0.1, -0.05) is 13.8 Å². The van der Waals surface area contributed by atoms with Gasteiger partial charge in [-0.15, -0.1) is 0 Å². The molecule has 0 saturated carbocycles. The second-order valence-corrected chi connectivity index (χ2v) is 5.07. The molecule has 0 aromatic heterocycles. The SMILES string of the molecule is CC(C)C(=O)C1CC(=O)N(C(C)C(=O)OCCO)C1. The van der Waals surface area contributed by atoms with Gasteiger partial charge in [0, 0.05) is 24.8 Å². The molecule has 0 radical (unpaired) electrons. The summed E-state index contributed by atoms with van der Waals surface area (Å²) in [5.74, 6) is -1.16. The van der Waals surface area contributed by atoms with E-state index < -0.39 is 12.0 Å². The van der Waals surface area contributed by atoms with Gasteiger partial charge in [-0.25, -0.2) is 4.79 Å². The summed E-state index contributed by atoms with van der Waals surface area (Å²) in [5, 5.41) is 8.59. The fourth-order valence-electron chi connectivity index (χ4n) is 2.16. The van der Waals surface area contributed by atoms with Crippen LogP contribution in [0.2, 0.25) is 0 Å². The normalized spacial score (nSPS) is 20.8. The number of aliphatic hydroxyl groups is 1. The van der Waals surface area contributed by atoms with E-state index in [0.29, 0.717) is 0 Å². The Labute approximate surface area is 112 Å². The average Bonchev–Trinajstić information content (AvgIpc) is 2.75. The molecule has 108 valence electrons. The number of hydrogen-bond donors (Lipinski definition) is 1. The van der Waals surface area contributed by atoms with Crippen molar-refractivity contribution in [1.29, 1.82) is 0 Å². The molecule has 0 aromatic rings. The van der Waals surface area contributed by atoms with Crippen molar-refractivity contribution in [3.05, 3.63) is 0 Å². The molecule has 1 fully saturated rings. The highest BCUT2D eigenvalue weighted by Crippen LogP contribution is 2.23. The minimum absolute atomic E-state index is 0.0479. The molecule has 2 atom stereocenters. The number of hydrogen-bond acceptors (Lipinski definition) is 5. The lowest BCUT2D eigenvalue weighted by molar-refractivity contribution is -0.153. The van der Waals surface area contributed by atoms with E-state index in [-0.39, 0.29) is 49.7 Å². The Bertz CT molecular complexity index is 366. The quantitative estimate of drug-likeness (QED) is 0.687. The molecule has 1 rings (SSSR count). The van der Waals surface area contributed by atoms with Gasteiger partial charge in [0.25, 0.3) is 0 Å². The molecule has 6 heteroatoms. The molecule has 1 amide bonds. The molecule has 0 aliphatic carbocycles. The van der Waals surface area contributed by atoms with Gasteiger partial charge in [0.05, 0.1) is 6.61 Å². The van der Waals surface area contributed by atoms with E-state index >= 15 is 0 Å². The number of Topliss-reactive ketones (excluding diaryl/α,β-unsaturated/α-hetero) is 1. The topological polar surface area (TPSA) is 83.9 Å². The van der Waals surface area contributed by atoms with Crippen molar-refractivity contribution in [3.8, 4) is 0 Å². The molecule has 0 spiro atoms. The fraction of sp³-hybridized carbons (Fsp3) is 0.769. The lowest BCUT2D eigenvalue weighted by Gasteiger charge is -2.23. The number of carbonyl (C=O) groups excluding carboxylic acids is 3. The van der Waals surface area contributed by atoms with Crippen molar-refractivity contribution in [2.45, 2.75) is 33.2 Å². The zero-order chi connectivity index (χ0) is 14.6. The molecule has 1 saturated heterocycles. The maximum Gasteiger partial charge on any atom is 0.328 e. The Morgan fingerprint density at radius 2 is 2.05 bits per heavy atom. The number of ether oxygens (including phenoxy) is 1. The number of esters is 1. The number of rotatable bonds is 6. The van der Waals surface area contributed by atoms with Crippen LogP contribution >= 0.6 is 0 Å². The van der Waals surface area contributed by atoms with Crippen molar-refractivity contribution >= 4 is 17.7 Å². The van der Waals surface area contributed by atoms with Gasteiger partial charge in [0.2, 0.25) is 5.91 Å². The van der Waals surface area contributed by atoms with E-state index in [1.165, 1.54) is 4.90 Å². The summed E-state index contributed by atoms with van der Waals surface area (Å²) in [5.41, 5.74) is 0. The lowest BCUT2D eigenvalue weighted by Crippen LogP contribution is -2.41. The Morgan fingerprint density at radius 3 is 2.58 bits per heavy atom. The van der Waals surface area contributed by atoms with E-state index in [9.17, 15) is 14.4 Å². The van der Waals surface area contributed by atoms with Crippen LogP contribution in [-0.2, 0) is 19.1 Å². The van der Waals surface area contributed by atoms with Crippen molar-refractivity contribution in [1.82, 2.24) is 4.90 Å². The fourth-order valence-corrected chi connectivity index (χ4v) is 2.16. The summed E-state index contributed by atoms with van der Waals surface area (Å²) >= 11 is 0. The van der Waals surface area contributed by atoms with E-state index in [4.69, 9.17) is 9.84 Å². The molecule has 0 aromatic carbocycles. The largest absolute Gasteiger partial charge is 0.462 e. The number of ketones is 1. The first kappa shape index (κ1) is 15.6. The molecular formula is C13H21NO5. The Hall–Kier alpha value is -1.43. The van der Waals surface area contributed by atoms with Crippen LogP contribution in [0.25, 0.3) is 0 Å². The first-order valence-corrected chi connectivity index (χ1v) is 6.49. The zero-order valence-corrected chi connectivity index (χ0v) is 11.6. The smallest absolute Gasteiger partial charge is 0.328 e. The van der Waals surface area contributed by atoms with Crippen molar-refractivity contribution in [2.75, 3.05) is 19.8 Å². The van der Waals surface area contributed by atoms with E-state index in [1.807, 2.05) is 0 Å². The minimum atomic E-state index is -0.719. The predicted octanol–water partition coefficient (Wildman–Crippen LogP) is -0.0160. The van der Waals surface area contributed by atoms with Crippen LogP contribution in [0.1, 0.15) is 27.2 Å². The summed E-state index contributed by atoms with van der Waals surface area (Å²) in [6, 6.07) is -0.719. The van der Waals surface area contributed by atoms with Crippen LogP contribution in [0.15, 0.2) is 0 Å². The molecule has 1 N–H and O–H groups in total. The molecule has 1 heterocycles. The average molecular weight is 271 g/mol. The predicted molar refractivity (Wildman–Crippen MR) is 67.2 cm³/mol. The summed E-state index contributed by atoms with van der Waals surface area (Å²) in [6.45, 7) is 5.11. The standard InChI is InChI=1S/C13H21NO5/c1-8(2)12(17)10-6-11(16)14(7-10)9(3)13(18)19-5-4-15/h8-10,15H,4-7H2,1-3H3. The van der Waals surface area contributed by atoms with Crippen molar-refractivity contribution in [3.63, 3.8) is 0 Å². The van der Waals surface area contributed by atoms with Gasteiger partial charge in [-0.2, -0.15) is 0 Å². The number of nitrogens with zero attached hydrogens (tertiary/aromatic N) is 1. The number of likely N-dealkylation sites (tertiary alicyclic amines) is 1. The highest BCUT2D eigenvalue weighted by Gasteiger charge is 2.39. The molecular weight excluding hydrogens is 250 g/mol. The van der Waals surface area contributed by atoms with E-state index in [2.05, 4.69) is 0 Å². The van der Waals surface area contributed by atoms with Crippen LogP contribution in [0.3, 0.4) is 0 Å². The number of aliphatic hydroxyl groups excluding tert-OH is 1. The van der Waals surface area contributed by atoms with Crippen LogP contribution < -0.4 is 0 Å². The maximum absolute atomic E-state index is 11.9. The molecule has 2 unspecified atom stereocenters. The van der Waals surface area contributed by atoms with E-state index in [0.717, 1.165) is 0 Å². The first-order chi connectivity index (χ1) is 8.88.